The zero-order chi connectivity index (χ0) is 11.9. The Bertz CT molecular complexity index is 207. The first-order chi connectivity index (χ1) is 6.87. The third kappa shape index (κ3) is 9.07. The number of hydrogen-bond acceptors (Lipinski definition) is 2. The molecule has 0 aromatic carbocycles. The molecule has 15 heavy (non-hydrogen) atoms. The van der Waals surface area contributed by atoms with Crippen molar-refractivity contribution in [2.75, 3.05) is 6.16 Å². The van der Waals surface area contributed by atoms with Gasteiger partial charge in [-0.3, -0.25) is 4.57 Å². The van der Waals surface area contributed by atoms with E-state index in [1.807, 2.05) is 0 Å². The minimum Gasteiger partial charge on any atom is -0.302 e. The second-order valence-corrected chi connectivity index (χ2v) is 6.39. The highest BCUT2D eigenvalue weighted by atomic mass is 31.2. The monoisotopic (exact) mass is 238 g/mol. The summed E-state index contributed by atoms with van der Waals surface area (Å²) in [6.45, 7) is 7.91. The molecule has 92 valence electrons. The van der Waals surface area contributed by atoms with E-state index in [1.165, 1.54) is 0 Å². The van der Waals surface area contributed by atoms with Gasteiger partial charge in [0.05, 0.1) is 12.3 Å². The van der Waals surface area contributed by atoms with Crippen molar-refractivity contribution in [1.82, 2.24) is 0 Å². The molecule has 2 nitrogen and oxygen atoms in total. The normalized spacial score (nSPS) is 17.7. The Morgan fingerprint density at radius 1 is 1.27 bits per heavy atom. The van der Waals surface area contributed by atoms with Crippen molar-refractivity contribution < 1.29 is 13.3 Å². The molecule has 0 aliphatic heterocycles. The van der Waals surface area contributed by atoms with Gasteiger partial charge in [0.15, 0.2) is 0 Å². The molecule has 4 heteroatoms. The van der Waals surface area contributed by atoms with Crippen LogP contribution in [0.5, 0.6) is 0 Å². The molecule has 0 spiro atoms. The van der Waals surface area contributed by atoms with Crippen LogP contribution in [-0.2, 0) is 9.09 Å². The summed E-state index contributed by atoms with van der Waals surface area (Å²) >= 11 is 0. The zero-order valence-electron chi connectivity index (χ0n) is 10.3. The maximum absolute atomic E-state index is 13.3. The fraction of sp³-hybridized carbons (Fsp3) is 1.00. The predicted molar refractivity (Wildman–Crippen MR) is 63.1 cm³/mol. The molecule has 0 rings (SSSR count). The lowest BCUT2D eigenvalue weighted by Crippen LogP contribution is -2.06. The van der Waals surface area contributed by atoms with E-state index < -0.39 is 7.68 Å². The van der Waals surface area contributed by atoms with Gasteiger partial charge in [-0.15, -0.1) is 0 Å². The molecule has 0 saturated carbocycles. The van der Waals surface area contributed by atoms with Crippen LogP contribution in [0.2, 0.25) is 0 Å². The van der Waals surface area contributed by atoms with Crippen molar-refractivity contribution in [3.63, 3.8) is 0 Å². The van der Waals surface area contributed by atoms with E-state index >= 15 is 0 Å². The predicted octanol–water partition coefficient (Wildman–Crippen LogP) is 4.79. The van der Waals surface area contributed by atoms with Crippen LogP contribution in [0.4, 0.5) is 4.20 Å². The third-order valence-corrected chi connectivity index (χ3v) is 3.88. The summed E-state index contributed by atoms with van der Waals surface area (Å²) < 4.78 is 29.4. The topological polar surface area (TPSA) is 26.3 Å². The third-order valence-electron chi connectivity index (χ3n) is 2.22. The van der Waals surface area contributed by atoms with E-state index in [9.17, 15) is 8.76 Å². The quantitative estimate of drug-likeness (QED) is 0.568. The van der Waals surface area contributed by atoms with Crippen molar-refractivity contribution in [1.29, 1.82) is 0 Å². The Hall–Kier alpha value is 0.120. The van der Waals surface area contributed by atoms with Crippen LogP contribution in [0.3, 0.4) is 0 Å². The molecule has 2 unspecified atom stereocenters. The Kier molecular flexibility index (Phi) is 7.46. The molecule has 0 aliphatic rings. The van der Waals surface area contributed by atoms with Crippen LogP contribution in [0.1, 0.15) is 53.4 Å². The lowest BCUT2D eigenvalue weighted by Gasteiger charge is -2.16. The molecule has 0 heterocycles. The summed E-state index contributed by atoms with van der Waals surface area (Å²) in [4.78, 5) is 0. The van der Waals surface area contributed by atoms with Gasteiger partial charge in [0.25, 0.3) is 0 Å². The summed E-state index contributed by atoms with van der Waals surface area (Å²) in [6.07, 6.45) is 3.28. The van der Waals surface area contributed by atoms with Gasteiger partial charge in [-0.2, -0.15) is 4.20 Å². The first kappa shape index (κ1) is 15.1. The van der Waals surface area contributed by atoms with E-state index in [0.717, 1.165) is 19.3 Å². The summed E-state index contributed by atoms with van der Waals surface area (Å²) in [5.41, 5.74) is 0. The van der Waals surface area contributed by atoms with Crippen molar-refractivity contribution >= 4 is 7.68 Å². The average molecular weight is 238 g/mol. The smallest absolute Gasteiger partial charge is 0.302 e. The molecule has 0 N–H and O–H groups in total. The first-order valence-corrected chi connectivity index (χ1v) is 7.54. The Morgan fingerprint density at radius 3 is 2.33 bits per heavy atom. The van der Waals surface area contributed by atoms with E-state index in [1.54, 1.807) is 13.8 Å². The molecule has 0 fully saturated rings. The summed E-state index contributed by atoms with van der Waals surface area (Å²) in [6, 6.07) is 0. The van der Waals surface area contributed by atoms with Crippen LogP contribution in [0.25, 0.3) is 0 Å². The van der Waals surface area contributed by atoms with Crippen LogP contribution < -0.4 is 0 Å². The van der Waals surface area contributed by atoms with Crippen LogP contribution in [-0.4, -0.2) is 12.3 Å². The van der Waals surface area contributed by atoms with E-state index in [4.69, 9.17) is 4.52 Å². The maximum atomic E-state index is 13.3. The Morgan fingerprint density at radius 2 is 1.87 bits per heavy atom. The molecule has 0 amide bonds. The number of rotatable bonds is 8. The van der Waals surface area contributed by atoms with E-state index in [0.29, 0.717) is 12.3 Å². The van der Waals surface area contributed by atoms with Gasteiger partial charge in [-0.25, -0.2) is 0 Å². The lowest BCUT2D eigenvalue weighted by molar-refractivity contribution is 0.191. The second-order valence-electron chi connectivity index (χ2n) is 4.55. The molecule has 0 aromatic rings. The van der Waals surface area contributed by atoms with Crippen molar-refractivity contribution in [2.24, 2.45) is 5.92 Å². The van der Waals surface area contributed by atoms with E-state index in [2.05, 4.69) is 13.8 Å². The summed E-state index contributed by atoms with van der Waals surface area (Å²) in [7, 11) is -3.81. The van der Waals surface area contributed by atoms with E-state index in [-0.39, 0.29) is 12.3 Å². The van der Waals surface area contributed by atoms with Crippen molar-refractivity contribution in [3.05, 3.63) is 0 Å². The molecule has 0 radical (unpaired) electrons. The van der Waals surface area contributed by atoms with Gasteiger partial charge in [-0.05, 0) is 25.7 Å². The first-order valence-electron chi connectivity index (χ1n) is 5.84. The highest BCUT2D eigenvalue weighted by molar-refractivity contribution is 7.53. The number of hydrogen-bond donors (Lipinski definition) is 0. The molecule has 0 aliphatic carbocycles. The van der Waals surface area contributed by atoms with Crippen molar-refractivity contribution in [2.45, 2.75) is 59.5 Å². The molecule has 2 atom stereocenters. The second kappa shape index (κ2) is 7.40. The Labute approximate surface area is 93.2 Å². The molecule has 0 bridgehead atoms. The summed E-state index contributed by atoms with van der Waals surface area (Å²) in [5.74, 6) is 0.657. The minimum atomic E-state index is -3.81. The van der Waals surface area contributed by atoms with Gasteiger partial charge in [-0.1, -0.05) is 33.6 Å². The zero-order valence-corrected chi connectivity index (χ0v) is 11.2. The lowest BCUT2D eigenvalue weighted by atomic mass is 10.1. The van der Waals surface area contributed by atoms with Crippen molar-refractivity contribution in [3.8, 4) is 0 Å². The Balaban J connectivity index is 3.73. The highest BCUT2D eigenvalue weighted by Crippen LogP contribution is 2.50. The van der Waals surface area contributed by atoms with Crippen LogP contribution >= 0.6 is 7.68 Å². The van der Waals surface area contributed by atoms with Gasteiger partial charge in [0.1, 0.15) is 0 Å². The van der Waals surface area contributed by atoms with Gasteiger partial charge in [0, 0.05) is 0 Å². The molecular formula is C11H24FO2P. The fourth-order valence-corrected chi connectivity index (χ4v) is 2.74. The summed E-state index contributed by atoms with van der Waals surface area (Å²) in [5, 5.41) is 0. The highest BCUT2D eigenvalue weighted by Gasteiger charge is 2.23. The van der Waals surface area contributed by atoms with Gasteiger partial charge in [0.2, 0.25) is 0 Å². The molecule has 0 aromatic heterocycles. The molecule has 0 saturated heterocycles. The number of halogens is 1. The average Bonchev–Trinajstić information content (AvgIpc) is 2.01. The van der Waals surface area contributed by atoms with Gasteiger partial charge >= 0.3 is 7.68 Å². The minimum absolute atomic E-state index is 0.0432. The maximum Gasteiger partial charge on any atom is 0.367 e. The van der Waals surface area contributed by atoms with Crippen LogP contribution in [0.15, 0.2) is 0 Å². The SMILES string of the molecule is CCCP(=O)(F)OC(C)CCCC(C)C. The molecular weight excluding hydrogens is 214 g/mol. The largest absolute Gasteiger partial charge is 0.367 e. The fourth-order valence-electron chi connectivity index (χ4n) is 1.45. The van der Waals surface area contributed by atoms with Gasteiger partial charge < -0.3 is 4.52 Å². The van der Waals surface area contributed by atoms with Crippen LogP contribution in [0, 0.1) is 5.92 Å². The standard InChI is InChI=1S/C11H24FO2P/c1-5-9-15(12,13)14-11(4)8-6-7-10(2)3/h10-11H,5-9H2,1-4H3.